The molecule has 0 aliphatic carbocycles. The van der Waals surface area contributed by atoms with Gasteiger partial charge in [-0.2, -0.15) is 11.3 Å². The van der Waals surface area contributed by atoms with Gasteiger partial charge in [-0.1, -0.05) is 6.07 Å². The van der Waals surface area contributed by atoms with Crippen molar-refractivity contribution in [3.8, 4) is 0 Å². The van der Waals surface area contributed by atoms with Crippen LogP contribution in [0.1, 0.15) is 22.8 Å². The number of ether oxygens (including phenoxy) is 1. The van der Waals surface area contributed by atoms with Gasteiger partial charge in [-0.3, -0.25) is 4.98 Å². The highest BCUT2D eigenvalue weighted by atomic mass is 32.1. The monoisotopic (exact) mass is 247 g/mol. The van der Waals surface area contributed by atoms with Crippen molar-refractivity contribution in [1.29, 1.82) is 0 Å². The summed E-state index contributed by atoms with van der Waals surface area (Å²) in [7, 11) is 0. The summed E-state index contributed by atoms with van der Waals surface area (Å²) in [4.78, 5) is 15.7. The van der Waals surface area contributed by atoms with Crippen molar-refractivity contribution >= 4 is 17.3 Å². The second-order valence-corrected chi connectivity index (χ2v) is 4.57. The number of carbonyl (C=O) groups excluding carboxylic acids is 1. The largest absolute Gasteiger partial charge is 0.459 e. The topological polar surface area (TPSA) is 39.2 Å². The first-order valence-electron chi connectivity index (χ1n) is 5.38. The molecule has 4 heteroatoms. The van der Waals surface area contributed by atoms with Crippen LogP contribution < -0.4 is 0 Å². The molecule has 88 valence electrons. The van der Waals surface area contributed by atoms with Crippen LogP contribution in [0.2, 0.25) is 0 Å². The Morgan fingerprint density at radius 1 is 1.53 bits per heavy atom. The highest BCUT2D eigenvalue weighted by Gasteiger charge is 2.12. The maximum absolute atomic E-state index is 11.7. The van der Waals surface area contributed by atoms with Crippen LogP contribution in [-0.4, -0.2) is 17.1 Å². The fraction of sp³-hybridized carbons (Fsp3) is 0.231. The number of esters is 1. The molecule has 0 aliphatic heterocycles. The van der Waals surface area contributed by atoms with E-state index >= 15 is 0 Å². The molecule has 0 saturated heterocycles. The van der Waals surface area contributed by atoms with E-state index in [0.29, 0.717) is 12.0 Å². The number of hydrogen-bond donors (Lipinski definition) is 0. The number of thiophene rings is 1. The number of hydrogen-bond acceptors (Lipinski definition) is 4. The molecule has 0 N–H and O–H groups in total. The van der Waals surface area contributed by atoms with E-state index in [9.17, 15) is 4.79 Å². The molecule has 2 aromatic heterocycles. The molecule has 0 aromatic carbocycles. The summed E-state index contributed by atoms with van der Waals surface area (Å²) in [6, 6.07) is 5.62. The summed E-state index contributed by atoms with van der Waals surface area (Å²) in [5.74, 6) is -0.261. The van der Waals surface area contributed by atoms with Crippen LogP contribution in [-0.2, 0) is 11.2 Å². The Morgan fingerprint density at radius 3 is 3.06 bits per heavy atom. The summed E-state index contributed by atoms with van der Waals surface area (Å²) < 4.78 is 5.34. The molecule has 2 rings (SSSR count). The summed E-state index contributed by atoms with van der Waals surface area (Å²) in [6.07, 6.45) is 4.05. The zero-order valence-electron chi connectivity index (χ0n) is 9.50. The van der Waals surface area contributed by atoms with E-state index in [-0.39, 0.29) is 12.1 Å². The molecule has 2 heterocycles. The molecule has 0 amide bonds. The predicted octanol–water partition coefficient (Wildman–Crippen LogP) is 2.93. The van der Waals surface area contributed by atoms with Gasteiger partial charge in [-0.05, 0) is 30.0 Å². The van der Waals surface area contributed by atoms with Crippen LogP contribution >= 0.6 is 11.3 Å². The van der Waals surface area contributed by atoms with Gasteiger partial charge >= 0.3 is 5.97 Å². The van der Waals surface area contributed by atoms with Gasteiger partial charge in [0, 0.05) is 24.2 Å². The van der Waals surface area contributed by atoms with Crippen LogP contribution in [0.3, 0.4) is 0 Å². The first-order valence-corrected chi connectivity index (χ1v) is 6.32. The molecule has 0 fully saturated rings. The molecule has 1 atom stereocenters. The van der Waals surface area contributed by atoms with Gasteiger partial charge in [0.25, 0.3) is 0 Å². The molecule has 0 saturated carbocycles. The molecule has 0 unspecified atom stereocenters. The van der Waals surface area contributed by atoms with Gasteiger partial charge in [0.05, 0.1) is 5.56 Å². The molecule has 2 aromatic rings. The van der Waals surface area contributed by atoms with Gasteiger partial charge in [0.15, 0.2) is 0 Å². The molecular formula is C13H13NO2S. The van der Waals surface area contributed by atoms with Crippen LogP contribution in [0.5, 0.6) is 0 Å². The van der Waals surface area contributed by atoms with Crippen LogP contribution in [0, 0.1) is 0 Å². The lowest BCUT2D eigenvalue weighted by Gasteiger charge is -2.12. The van der Waals surface area contributed by atoms with E-state index in [2.05, 4.69) is 4.98 Å². The lowest BCUT2D eigenvalue weighted by atomic mass is 10.1. The number of carbonyl (C=O) groups is 1. The van der Waals surface area contributed by atoms with Gasteiger partial charge in [-0.15, -0.1) is 0 Å². The van der Waals surface area contributed by atoms with Gasteiger partial charge in [-0.25, -0.2) is 4.79 Å². The molecule has 0 aliphatic rings. The van der Waals surface area contributed by atoms with E-state index < -0.39 is 0 Å². The first-order chi connectivity index (χ1) is 8.25. The molecule has 0 spiro atoms. The smallest absolute Gasteiger partial charge is 0.339 e. The molecule has 17 heavy (non-hydrogen) atoms. The fourth-order valence-electron chi connectivity index (χ4n) is 1.52. The zero-order chi connectivity index (χ0) is 12.1. The van der Waals surface area contributed by atoms with Crippen molar-refractivity contribution in [1.82, 2.24) is 4.98 Å². The van der Waals surface area contributed by atoms with Crippen molar-refractivity contribution < 1.29 is 9.53 Å². The Morgan fingerprint density at radius 2 is 2.41 bits per heavy atom. The van der Waals surface area contributed by atoms with Crippen molar-refractivity contribution in [2.24, 2.45) is 0 Å². The Bertz CT molecular complexity index is 467. The van der Waals surface area contributed by atoms with Gasteiger partial charge in [0.1, 0.15) is 6.10 Å². The summed E-state index contributed by atoms with van der Waals surface area (Å²) in [5.41, 5.74) is 1.69. The van der Waals surface area contributed by atoms with E-state index in [4.69, 9.17) is 4.74 Å². The van der Waals surface area contributed by atoms with Crippen LogP contribution in [0.15, 0.2) is 41.4 Å². The summed E-state index contributed by atoms with van der Waals surface area (Å²) in [5, 5.41) is 3.65. The summed E-state index contributed by atoms with van der Waals surface area (Å²) in [6.45, 7) is 1.89. The average molecular weight is 247 g/mol. The lowest BCUT2D eigenvalue weighted by molar-refractivity contribution is 0.0343. The molecule has 0 radical (unpaired) electrons. The van der Waals surface area contributed by atoms with Gasteiger partial charge in [0.2, 0.25) is 0 Å². The number of nitrogens with zero attached hydrogens (tertiary/aromatic N) is 1. The lowest BCUT2D eigenvalue weighted by Crippen LogP contribution is -2.17. The Kier molecular flexibility index (Phi) is 3.88. The highest BCUT2D eigenvalue weighted by molar-refractivity contribution is 7.08. The fourth-order valence-corrected chi connectivity index (χ4v) is 2.15. The van der Waals surface area contributed by atoms with Crippen molar-refractivity contribution in [2.75, 3.05) is 0 Å². The van der Waals surface area contributed by atoms with Crippen molar-refractivity contribution in [3.63, 3.8) is 0 Å². The minimum atomic E-state index is -0.261. The maximum atomic E-state index is 11.7. The third kappa shape index (κ3) is 3.39. The first kappa shape index (κ1) is 11.8. The standard InChI is InChI=1S/C13H13NO2S/c1-10(7-11-3-2-5-14-8-11)16-13(15)12-4-6-17-9-12/h2-6,8-10H,7H2,1H3/t10-/m0/s1. The van der Waals surface area contributed by atoms with Gasteiger partial charge < -0.3 is 4.74 Å². The average Bonchev–Trinajstić information content (AvgIpc) is 2.83. The minimum Gasteiger partial charge on any atom is -0.459 e. The maximum Gasteiger partial charge on any atom is 0.339 e. The van der Waals surface area contributed by atoms with Crippen LogP contribution in [0.4, 0.5) is 0 Å². The van der Waals surface area contributed by atoms with E-state index in [1.807, 2.05) is 24.4 Å². The van der Waals surface area contributed by atoms with Crippen molar-refractivity contribution in [3.05, 3.63) is 52.5 Å². The van der Waals surface area contributed by atoms with E-state index in [1.54, 1.807) is 23.8 Å². The number of rotatable bonds is 4. The third-order valence-electron chi connectivity index (χ3n) is 2.31. The number of aromatic nitrogens is 1. The van der Waals surface area contributed by atoms with E-state index in [0.717, 1.165) is 5.56 Å². The zero-order valence-corrected chi connectivity index (χ0v) is 10.3. The Hall–Kier alpha value is -1.68. The highest BCUT2D eigenvalue weighted by Crippen LogP contribution is 2.11. The third-order valence-corrected chi connectivity index (χ3v) is 2.99. The van der Waals surface area contributed by atoms with Crippen LogP contribution in [0.25, 0.3) is 0 Å². The van der Waals surface area contributed by atoms with E-state index in [1.165, 1.54) is 11.3 Å². The molecular weight excluding hydrogens is 234 g/mol. The second-order valence-electron chi connectivity index (χ2n) is 3.79. The second kappa shape index (κ2) is 5.59. The summed E-state index contributed by atoms with van der Waals surface area (Å²) >= 11 is 1.49. The van der Waals surface area contributed by atoms with Crippen molar-refractivity contribution in [2.45, 2.75) is 19.4 Å². The Labute approximate surface area is 104 Å². The SMILES string of the molecule is C[C@@H](Cc1cccnc1)OC(=O)c1ccsc1. The quantitative estimate of drug-likeness (QED) is 0.780. The Balaban J connectivity index is 1.90. The minimum absolute atomic E-state index is 0.147. The molecule has 3 nitrogen and oxygen atoms in total. The number of pyridine rings is 1. The predicted molar refractivity (Wildman–Crippen MR) is 67.1 cm³/mol. The normalized spacial score (nSPS) is 12.1. The molecule has 0 bridgehead atoms.